The lowest BCUT2D eigenvalue weighted by Crippen LogP contribution is -2.57. The number of carboxylic acids is 1. The number of nitro groups is 1. The largest absolute Gasteiger partial charge is 0.480 e. The van der Waals surface area contributed by atoms with Crippen molar-refractivity contribution in [2.24, 2.45) is 18.9 Å². The lowest BCUT2D eigenvalue weighted by atomic mass is 9.76. The van der Waals surface area contributed by atoms with Crippen molar-refractivity contribution in [3.05, 3.63) is 140 Å². The van der Waals surface area contributed by atoms with E-state index in [-0.39, 0.29) is 24.2 Å². The summed E-state index contributed by atoms with van der Waals surface area (Å²) in [5, 5.41) is 27.1. The minimum absolute atomic E-state index is 0.0754. The van der Waals surface area contributed by atoms with E-state index in [9.17, 15) is 34.4 Å². The van der Waals surface area contributed by atoms with Gasteiger partial charge in [0.25, 0.3) is 11.2 Å². The van der Waals surface area contributed by atoms with Crippen molar-refractivity contribution in [2.45, 2.75) is 31.5 Å². The molecule has 2 N–H and O–H groups in total. The molecule has 4 aromatic carbocycles. The van der Waals surface area contributed by atoms with E-state index in [1.165, 1.54) is 28.9 Å². The van der Waals surface area contributed by atoms with Crippen LogP contribution >= 0.6 is 0 Å². The summed E-state index contributed by atoms with van der Waals surface area (Å²) in [5.74, 6) is -5.18. The number of carboxylic acid groups (broad SMARTS) is 1. The molecule has 4 unspecified atom stereocenters. The summed E-state index contributed by atoms with van der Waals surface area (Å²) in [4.78, 5) is 68.4. The van der Waals surface area contributed by atoms with Crippen LogP contribution in [0.2, 0.25) is 0 Å². The molecule has 1 aromatic heterocycles. The first-order valence-electron chi connectivity index (χ1n) is 15.4. The fourth-order valence-electron chi connectivity index (χ4n) is 7.51. The molecular formula is C36H31N5O7. The van der Waals surface area contributed by atoms with E-state index in [1.54, 1.807) is 42.9 Å². The SMILES string of the molecule is Cc1c(C2NC(Cc3ccc([N+](=O)[O-])cc3)(C(=O)O)C3C(=O)N(Cc4cccc5ccccc45)C(=O)C23)c(=O)n(-c2ccccc2)n1C. The van der Waals surface area contributed by atoms with Gasteiger partial charge in [0.1, 0.15) is 5.54 Å². The number of fused-ring (bicyclic) bond motifs is 2. The Morgan fingerprint density at radius 2 is 1.58 bits per heavy atom. The Kier molecular flexibility index (Phi) is 7.32. The highest BCUT2D eigenvalue weighted by molar-refractivity contribution is 6.09. The Morgan fingerprint density at radius 1 is 0.917 bits per heavy atom. The number of carbonyl (C=O) groups is 3. The molecule has 242 valence electrons. The molecule has 2 saturated heterocycles. The maximum absolute atomic E-state index is 14.5. The molecule has 2 aliphatic heterocycles. The third-order valence-electron chi connectivity index (χ3n) is 9.88. The van der Waals surface area contributed by atoms with Crippen molar-refractivity contribution in [3.8, 4) is 5.69 Å². The summed E-state index contributed by atoms with van der Waals surface area (Å²) >= 11 is 0. The van der Waals surface area contributed by atoms with E-state index in [0.717, 1.165) is 21.2 Å². The monoisotopic (exact) mass is 645 g/mol. The third kappa shape index (κ3) is 4.63. The minimum atomic E-state index is -2.02. The van der Waals surface area contributed by atoms with Gasteiger partial charge in [-0.15, -0.1) is 0 Å². The molecule has 7 rings (SSSR count). The van der Waals surface area contributed by atoms with Crippen LogP contribution in [0.25, 0.3) is 16.5 Å². The zero-order valence-corrected chi connectivity index (χ0v) is 26.1. The van der Waals surface area contributed by atoms with Crippen LogP contribution in [0.1, 0.15) is 28.4 Å². The van der Waals surface area contributed by atoms with E-state index in [1.807, 2.05) is 48.5 Å². The maximum Gasteiger partial charge on any atom is 0.325 e. The number of nitrogens with one attached hydrogen (secondary N) is 1. The van der Waals surface area contributed by atoms with Crippen LogP contribution in [0.15, 0.2) is 102 Å². The number of benzene rings is 4. The van der Waals surface area contributed by atoms with E-state index in [2.05, 4.69) is 5.32 Å². The molecule has 2 aliphatic rings. The van der Waals surface area contributed by atoms with Gasteiger partial charge in [-0.2, -0.15) is 0 Å². The normalized spacial score (nSPS) is 22.0. The summed E-state index contributed by atoms with van der Waals surface area (Å²) in [7, 11) is 1.70. The van der Waals surface area contributed by atoms with Gasteiger partial charge in [0.05, 0.1) is 40.6 Å². The van der Waals surface area contributed by atoms with Crippen molar-refractivity contribution < 1.29 is 24.4 Å². The number of nitro benzene ring substituents is 1. The van der Waals surface area contributed by atoms with Gasteiger partial charge < -0.3 is 5.11 Å². The molecule has 48 heavy (non-hydrogen) atoms. The number of imide groups is 1. The highest BCUT2D eigenvalue weighted by atomic mass is 16.6. The molecule has 12 nitrogen and oxygen atoms in total. The molecule has 0 spiro atoms. The Balaban J connectivity index is 1.38. The first-order valence-corrected chi connectivity index (χ1v) is 15.4. The maximum atomic E-state index is 14.5. The summed E-state index contributed by atoms with van der Waals surface area (Å²) in [6.45, 7) is 1.65. The number of likely N-dealkylation sites (tertiary alicyclic amines) is 1. The lowest BCUT2D eigenvalue weighted by molar-refractivity contribution is -0.384. The Labute approximate surface area is 274 Å². The van der Waals surface area contributed by atoms with E-state index in [0.29, 0.717) is 16.9 Å². The average molecular weight is 646 g/mol. The predicted molar refractivity (Wildman–Crippen MR) is 175 cm³/mol. The number of rotatable bonds is 8. The van der Waals surface area contributed by atoms with E-state index < -0.39 is 51.7 Å². The minimum Gasteiger partial charge on any atom is -0.480 e. The summed E-state index contributed by atoms with van der Waals surface area (Å²) in [5.41, 5.74) is -0.226. The number of aliphatic carboxylic acids is 1. The van der Waals surface area contributed by atoms with Crippen LogP contribution in [-0.2, 0) is 34.4 Å². The highest BCUT2D eigenvalue weighted by Crippen LogP contribution is 2.50. The van der Waals surface area contributed by atoms with Crippen LogP contribution in [0.4, 0.5) is 5.69 Å². The zero-order chi connectivity index (χ0) is 33.9. The van der Waals surface area contributed by atoms with E-state index in [4.69, 9.17) is 0 Å². The first kappa shape index (κ1) is 30.8. The number of nitrogens with zero attached hydrogens (tertiary/aromatic N) is 4. The summed E-state index contributed by atoms with van der Waals surface area (Å²) < 4.78 is 3.10. The molecular weight excluding hydrogens is 614 g/mol. The average Bonchev–Trinajstić information content (AvgIpc) is 3.63. The van der Waals surface area contributed by atoms with Gasteiger partial charge >= 0.3 is 5.97 Å². The molecule has 4 atom stereocenters. The van der Waals surface area contributed by atoms with Crippen molar-refractivity contribution in [2.75, 3.05) is 0 Å². The number of non-ortho nitro benzene ring substituents is 1. The molecule has 5 aromatic rings. The standard InChI is InChI=1S/C36H31N5O7/c1-21-28(33(43)40(38(21)2)25-12-4-3-5-13-25)31-29-30(36(37-31,35(45)46)19-22-15-17-26(18-16-22)41(47)48)34(44)39(32(29)42)20-24-11-8-10-23-9-6-7-14-27(23)24/h3-18,29-31,37H,19-20H2,1-2H3,(H,45,46). The van der Waals surface area contributed by atoms with Gasteiger partial charge in [-0.1, -0.05) is 72.8 Å². The van der Waals surface area contributed by atoms with Crippen molar-refractivity contribution in [1.29, 1.82) is 0 Å². The van der Waals surface area contributed by atoms with Crippen LogP contribution in [0.5, 0.6) is 0 Å². The molecule has 0 saturated carbocycles. The van der Waals surface area contributed by atoms with Crippen molar-refractivity contribution >= 4 is 34.2 Å². The van der Waals surface area contributed by atoms with Gasteiger partial charge in [-0.3, -0.25) is 44.2 Å². The second-order valence-corrected chi connectivity index (χ2v) is 12.4. The van der Waals surface area contributed by atoms with Crippen LogP contribution < -0.4 is 10.9 Å². The molecule has 0 radical (unpaired) electrons. The van der Waals surface area contributed by atoms with Crippen LogP contribution in [-0.4, -0.2) is 47.6 Å². The van der Waals surface area contributed by atoms with Crippen molar-refractivity contribution in [3.63, 3.8) is 0 Å². The lowest BCUT2D eigenvalue weighted by Gasteiger charge is -2.31. The van der Waals surface area contributed by atoms with Crippen molar-refractivity contribution in [1.82, 2.24) is 19.6 Å². The fourth-order valence-corrected chi connectivity index (χ4v) is 7.51. The molecule has 12 heteroatoms. The Morgan fingerprint density at radius 3 is 2.27 bits per heavy atom. The first-order chi connectivity index (χ1) is 23.0. The van der Waals surface area contributed by atoms with Crippen LogP contribution in [0.3, 0.4) is 0 Å². The quantitative estimate of drug-likeness (QED) is 0.145. The topological polar surface area (TPSA) is 157 Å². The second-order valence-electron chi connectivity index (χ2n) is 12.4. The highest BCUT2D eigenvalue weighted by Gasteiger charge is 2.69. The Hall–Kier alpha value is -5.88. The number of hydrogen-bond donors (Lipinski definition) is 2. The number of amides is 2. The fraction of sp³-hybridized carbons (Fsp3) is 0.222. The number of aromatic nitrogens is 2. The number of carbonyl (C=O) groups excluding carboxylic acids is 2. The number of para-hydroxylation sites is 1. The molecule has 3 heterocycles. The predicted octanol–water partition coefficient (Wildman–Crippen LogP) is 4.06. The van der Waals surface area contributed by atoms with E-state index >= 15 is 0 Å². The molecule has 0 aliphatic carbocycles. The summed E-state index contributed by atoms with van der Waals surface area (Å²) in [6, 6.07) is 26.4. The molecule has 2 amide bonds. The van der Waals surface area contributed by atoms with Gasteiger partial charge in [0.15, 0.2) is 0 Å². The molecule has 0 bridgehead atoms. The van der Waals surface area contributed by atoms with Gasteiger partial charge in [0.2, 0.25) is 11.8 Å². The van der Waals surface area contributed by atoms with Gasteiger partial charge in [-0.05, 0) is 41.0 Å². The van der Waals surface area contributed by atoms with Gasteiger partial charge in [-0.25, -0.2) is 4.68 Å². The summed E-state index contributed by atoms with van der Waals surface area (Å²) in [6.07, 6.45) is -0.266. The third-order valence-corrected chi connectivity index (χ3v) is 9.88. The zero-order valence-electron chi connectivity index (χ0n) is 26.1. The molecule has 2 fully saturated rings. The number of hydrogen-bond acceptors (Lipinski definition) is 7. The smallest absolute Gasteiger partial charge is 0.325 e. The van der Waals surface area contributed by atoms with Gasteiger partial charge in [0, 0.05) is 31.3 Å². The van der Waals surface area contributed by atoms with Crippen LogP contribution in [0, 0.1) is 28.9 Å². The Bertz CT molecular complexity index is 2190. The second kappa shape index (κ2) is 11.4.